The van der Waals surface area contributed by atoms with Gasteiger partial charge < -0.3 is 21.5 Å². The molecule has 0 aliphatic carbocycles. The van der Waals surface area contributed by atoms with E-state index in [2.05, 4.69) is 10.6 Å². The molecule has 0 aromatic heterocycles. The number of nitrogens with two attached hydrogens (primary N) is 1. The van der Waals surface area contributed by atoms with Gasteiger partial charge in [-0.15, -0.1) is 0 Å². The molecular weight excluding hydrogens is 258 g/mol. The van der Waals surface area contributed by atoms with Crippen LogP contribution in [0.2, 0.25) is 0 Å². The molecule has 1 rings (SSSR count). The Balaban J connectivity index is 2.55. The van der Waals surface area contributed by atoms with Gasteiger partial charge in [-0.05, 0) is 18.4 Å². The second-order valence-corrected chi connectivity index (χ2v) is 4.46. The normalized spacial score (nSPS) is 11.7. The molecule has 0 heterocycles. The third-order valence-electron chi connectivity index (χ3n) is 2.87. The Morgan fingerprint density at radius 1 is 1.20 bits per heavy atom. The number of rotatable bonds is 8. The number of hydrogen-bond donors (Lipinski definition) is 4. The highest BCUT2D eigenvalue weighted by molar-refractivity contribution is 5.78. The molecule has 0 aliphatic heterocycles. The van der Waals surface area contributed by atoms with Crippen LogP contribution < -0.4 is 16.4 Å². The Labute approximate surface area is 118 Å². The van der Waals surface area contributed by atoms with E-state index in [1.165, 1.54) is 0 Å². The van der Waals surface area contributed by atoms with E-state index in [1.54, 1.807) is 0 Å². The van der Waals surface area contributed by atoms with Crippen LogP contribution in [0, 0.1) is 0 Å². The van der Waals surface area contributed by atoms with Crippen molar-refractivity contribution in [2.24, 2.45) is 5.73 Å². The lowest BCUT2D eigenvalue weighted by atomic mass is 10.0. The molecule has 0 saturated carbocycles. The standard InChI is InChI=1S/C14H21N3O3/c15-9-14(20)17-12(6-7-13(19)16-10-18)8-11-4-2-1-3-5-11/h1-5,12,18H,6-10,15H2,(H,16,19)(H,17,20). The zero-order chi connectivity index (χ0) is 14.8. The van der Waals surface area contributed by atoms with Crippen molar-refractivity contribution < 1.29 is 14.7 Å². The fraction of sp³-hybridized carbons (Fsp3) is 0.429. The van der Waals surface area contributed by atoms with E-state index >= 15 is 0 Å². The van der Waals surface area contributed by atoms with Gasteiger partial charge in [0.15, 0.2) is 0 Å². The Morgan fingerprint density at radius 3 is 2.50 bits per heavy atom. The van der Waals surface area contributed by atoms with Crippen molar-refractivity contribution in [1.82, 2.24) is 10.6 Å². The summed E-state index contributed by atoms with van der Waals surface area (Å²) < 4.78 is 0. The van der Waals surface area contributed by atoms with E-state index in [-0.39, 0.29) is 37.6 Å². The Hall–Kier alpha value is -1.92. The lowest BCUT2D eigenvalue weighted by Gasteiger charge is -2.18. The van der Waals surface area contributed by atoms with Crippen LogP contribution in [0.25, 0.3) is 0 Å². The zero-order valence-electron chi connectivity index (χ0n) is 11.3. The van der Waals surface area contributed by atoms with E-state index in [0.717, 1.165) is 5.56 Å². The molecule has 0 bridgehead atoms. The Bertz CT molecular complexity index is 423. The van der Waals surface area contributed by atoms with Gasteiger partial charge >= 0.3 is 0 Å². The van der Waals surface area contributed by atoms with Gasteiger partial charge in [0.25, 0.3) is 0 Å². The first kappa shape index (κ1) is 16.1. The number of nitrogens with one attached hydrogen (secondary N) is 2. The number of amides is 2. The van der Waals surface area contributed by atoms with Gasteiger partial charge in [-0.3, -0.25) is 9.59 Å². The Morgan fingerprint density at radius 2 is 1.90 bits per heavy atom. The molecule has 2 amide bonds. The van der Waals surface area contributed by atoms with E-state index in [1.807, 2.05) is 30.3 Å². The van der Waals surface area contributed by atoms with Crippen molar-refractivity contribution in [2.45, 2.75) is 25.3 Å². The van der Waals surface area contributed by atoms with Crippen LogP contribution in [0.15, 0.2) is 30.3 Å². The van der Waals surface area contributed by atoms with Crippen LogP contribution in [0.3, 0.4) is 0 Å². The van der Waals surface area contributed by atoms with E-state index in [9.17, 15) is 9.59 Å². The van der Waals surface area contributed by atoms with Gasteiger partial charge in [-0.2, -0.15) is 0 Å². The summed E-state index contributed by atoms with van der Waals surface area (Å²) in [6.07, 6.45) is 1.37. The summed E-state index contributed by atoms with van der Waals surface area (Å²) in [6.45, 7) is -0.453. The van der Waals surface area contributed by atoms with Crippen LogP contribution in [0.1, 0.15) is 18.4 Å². The maximum atomic E-state index is 11.4. The minimum Gasteiger partial charge on any atom is -0.377 e. The molecule has 0 saturated heterocycles. The molecule has 0 fully saturated rings. The SMILES string of the molecule is NCC(=O)NC(CCC(=O)NCO)Cc1ccccc1. The summed E-state index contributed by atoms with van der Waals surface area (Å²) >= 11 is 0. The lowest BCUT2D eigenvalue weighted by molar-refractivity contribution is -0.123. The molecule has 1 atom stereocenters. The van der Waals surface area contributed by atoms with Crippen molar-refractivity contribution in [2.75, 3.05) is 13.3 Å². The van der Waals surface area contributed by atoms with Crippen LogP contribution in [0.4, 0.5) is 0 Å². The average Bonchev–Trinajstić information content (AvgIpc) is 2.46. The first-order chi connectivity index (χ1) is 9.65. The molecule has 6 heteroatoms. The second kappa shape index (κ2) is 9.06. The molecule has 1 aromatic rings. The molecule has 0 radical (unpaired) electrons. The van der Waals surface area contributed by atoms with Gasteiger partial charge in [-0.25, -0.2) is 0 Å². The smallest absolute Gasteiger partial charge is 0.233 e. The molecular formula is C14H21N3O3. The highest BCUT2D eigenvalue weighted by Gasteiger charge is 2.14. The van der Waals surface area contributed by atoms with Crippen LogP contribution in [-0.4, -0.2) is 36.2 Å². The quantitative estimate of drug-likeness (QED) is 0.482. The number of carbonyl (C=O) groups is 2. The average molecular weight is 279 g/mol. The monoisotopic (exact) mass is 279 g/mol. The highest BCUT2D eigenvalue weighted by Crippen LogP contribution is 2.07. The van der Waals surface area contributed by atoms with E-state index in [4.69, 9.17) is 10.8 Å². The van der Waals surface area contributed by atoms with E-state index < -0.39 is 0 Å². The minimum absolute atomic E-state index is 0.0753. The highest BCUT2D eigenvalue weighted by atomic mass is 16.3. The molecule has 5 N–H and O–H groups in total. The third kappa shape index (κ3) is 6.31. The van der Waals surface area contributed by atoms with Crippen LogP contribution in [-0.2, 0) is 16.0 Å². The number of aliphatic hydroxyl groups excluding tert-OH is 1. The number of hydrogen-bond acceptors (Lipinski definition) is 4. The van der Waals surface area contributed by atoms with Gasteiger partial charge in [0.1, 0.15) is 6.73 Å². The molecule has 20 heavy (non-hydrogen) atoms. The molecule has 1 unspecified atom stereocenters. The molecule has 6 nitrogen and oxygen atoms in total. The van der Waals surface area contributed by atoms with Crippen LogP contribution in [0.5, 0.6) is 0 Å². The van der Waals surface area contributed by atoms with Crippen molar-refractivity contribution in [1.29, 1.82) is 0 Å². The first-order valence-electron chi connectivity index (χ1n) is 6.56. The molecule has 110 valence electrons. The van der Waals surface area contributed by atoms with Gasteiger partial charge in [-0.1, -0.05) is 30.3 Å². The predicted octanol–water partition coefficient (Wildman–Crippen LogP) is -0.481. The number of carbonyl (C=O) groups excluding carboxylic acids is 2. The topological polar surface area (TPSA) is 104 Å². The summed E-state index contributed by atoms with van der Waals surface area (Å²) in [5.41, 5.74) is 6.37. The summed E-state index contributed by atoms with van der Waals surface area (Å²) in [4.78, 5) is 22.8. The first-order valence-corrected chi connectivity index (χ1v) is 6.56. The number of aliphatic hydroxyl groups is 1. The molecule has 0 aliphatic rings. The largest absolute Gasteiger partial charge is 0.377 e. The van der Waals surface area contributed by atoms with E-state index in [0.29, 0.717) is 12.8 Å². The minimum atomic E-state index is -0.378. The predicted molar refractivity (Wildman–Crippen MR) is 75.6 cm³/mol. The maximum absolute atomic E-state index is 11.4. The van der Waals surface area contributed by atoms with Crippen molar-refractivity contribution >= 4 is 11.8 Å². The third-order valence-corrected chi connectivity index (χ3v) is 2.87. The number of benzene rings is 1. The fourth-order valence-corrected chi connectivity index (χ4v) is 1.89. The molecule has 0 spiro atoms. The summed E-state index contributed by atoms with van der Waals surface area (Å²) in [7, 11) is 0. The second-order valence-electron chi connectivity index (χ2n) is 4.46. The summed E-state index contributed by atoms with van der Waals surface area (Å²) in [6, 6.07) is 9.56. The van der Waals surface area contributed by atoms with Crippen LogP contribution >= 0.6 is 0 Å². The maximum Gasteiger partial charge on any atom is 0.233 e. The summed E-state index contributed by atoms with van der Waals surface area (Å²) in [5.74, 6) is -0.485. The van der Waals surface area contributed by atoms with Crippen molar-refractivity contribution in [3.63, 3.8) is 0 Å². The van der Waals surface area contributed by atoms with Gasteiger partial charge in [0.05, 0.1) is 6.54 Å². The van der Waals surface area contributed by atoms with Gasteiger partial charge in [0.2, 0.25) is 11.8 Å². The summed E-state index contributed by atoms with van der Waals surface area (Å²) in [5, 5.41) is 13.7. The molecule has 1 aromatic carbocycles. The lowest BCUT2D eigenvalue weighted by Crippen LogP contribution is -2.40. The van der Waals surface area contributed by atoms with Crippen molar-refractivity contribution in [3.8, 4) is 0 Å². The van der Waals surface area contributed by atoms with Gasteiger partial charge in [0, 0.05) is 12.5 Å². The fourth-order valence-electron chi connectivity index (χ4n) is 1.89. The van der Waals surface area contributed by atoms with Crippen molar-refractivity contribution in [3.05, 3.63) is 35.9 Å². The zero-order valence-corrected chi connectivity index (χ0v) is 11.3. The Kier molecular flexibility index (Phi) is 7.31.